The van der Waals surface area contributed by atoms with Crippen molar-refractivity contribution in [2.24, 2.45) is 5.92 Å². The molecule has 1 N–H and O–H groups in total. The first-order chi connectivity index (χ1) is 7.65. The second-order valence-corrected chi connectivity index (χ2v) is 5.16. The standard InChI is InChI=1S/C10H13BrClN3O/c1-6-2-3-15(7(6)4-16)10-8(11)9(12)13-5-14-10/h5-7,16H,2-4H2,1H3. The van der Waals surface area contributed by atoms with Crippen molar-refractivity contribution in [2.75, 3.05) is 18.1 Å². The molecule has 6 heteroatoms. The first-order valence-electron chi connectivity index (χ1n) is 5.18. The van der Waals surface area contributed by atoms with Crippen LogP contribution in [0.3, 0.4) is 0 Å². The lowest BCUT2D eigenvalue weighted by Crippen LogP contribution is -2.36. The molecule has 0 saturated carbocycles. The monoisotopic (exact) mass is 305 g/mol. The largest absolute Gasteiger partial charge is 0.394 e. The van der Waals surface area contributed by atoms with Gasteiger partial charge in [-0.1, -0.05) is 18.5 Å². The van der Waals surface area contributed by atoms with Crippen LogP contribution in [0.25, 0.3) is 0 Å². The van der Waals surface area contributed by atoms with Gasteiger partial charge in [0.25, 0.3) is 0 Å². The minimum Gasteiger partial charge on any atom is -0.394 e. The molecule has 1 aliphatic rings. The van der Waals surface area contributed by atoms with Crippen molar-refractivity contribution in [1.29, 1.82) is 0 Å². The maximum atomic E-state index is 9.40. The van der Waals surface area contributed by atoms with Crippen molar-refractivity contribution in [2.45, 2.75) is 19.4 Å². The molecule has 0 aliphatic carbocycles. The van der Waals surface area contributed by atoms with Crippen molar-refractivity contribution in [3.63, 3.8) is 0 Å². The zero-order valence-corrected chi connectivity index (χ0v) is 11.2. The van der Waals surface area contributed by atoms with Crippen LogP contribution in [0.15, 0.2) is 10.8 Å². The van der Waals surface area contributed by atoms with E-state index < -0.39 is 0 Å². The topological polar surface area (TPSA) is 49.2 Å². The number of aromatic nitrogens is 2. The van der Waals surface area contributed by atoms with E-state index in [-0.39, 0.29) is 12.6 Å². The molecule has 0 amide bonds. The molecule has 0 bridgehead atoms. The van der Waals surface area contributed by atoms with E-state index in [1.807, 2.05) is 0 Å². The number of nitrogens with zero attached hydrogens (tertiary/aromatic N) is 3. The van der Waals surface area contributed by atoms with Crippen LogP contribution in [0, 0.1) is 5.92 Å². The summed E-state index contributed by atoms with van der Waals surface area (Å²) in [5.74, 6) is 1.23. The highest BCUT2D eigenvalue weighted by Gasteiger charge is 2.32. The molecule has 2 atom stereocenters. The van der Waals surface area contributed by atoms with Crippen LogP contribution in [-0.4, -0.2) is 34.3 Å². The molecule has 2 unspecified atom stereocenters. The van der Waals surface area contributed by atoms with Gasteiger partial charge in [-0.2, -0.15) is 0 Å². The van der Waals surface area contributed by atoms with E-state index in [9.17, 15) is 5.11 Å². The molecule has 0 spiro atoms. The molecule has 1 saturated heterocycles. The average Bonchev–Trinajstić information content (AvgIpc) is 2.63. The summed E-state index contributed by atoms with van der Waals surface area (Å²) in [6.45, 7) is 3.16. The van der Waals surface area contributed by atoms with Crippen LogP contribution in [0.4, 0.5) is 5.82 Å². The zero-order chi connectivity index (χ0) is 11.7. The molecule has 1 aromatic rings. The highest BCUT2D eigenvalue weighted by Crippen LogP contribution is 2.35. The molecule has 2 heterocycles. The molecular formula is C10H13BrClN3O. The van der Waals surface area contributed by atoms with Crippen molar-refractivity contribution in [1.82, 2.24) is 9.97 Å². The van der Waals surface area contributed by atoms with Gasteiger partial charge in [-0.05, 0) is 28.3 Å². The zero-order valence-electron chi connectivity index (χ0n) is 8.90. The van der Waals surface area contributed by atoms with Gasteiger partial charge in [0.05, 0.1) is 17.1 Å². The second-order valence-electron chi connectivity index (χ2n) is 4.01. The van der Waals surface area contributed by atoms with Crippen LogP contribution < -0.4 is 4.90 Å². The Morgan fingerprint density at radius 2 is 2.38 bits per heavy atom. The van der Waals surface area contributed by atoms with Gasteiger partial charge < -0.3 is 10.0 Å². The lowest BCUT2D eigenvalue weighted by Gasteiger charge is -2.26. The van der Waals surface area contributed by atoms with E-state index in [0.717, 1.165) is 18.8 Å². The molecule has 1 aliphatic heterocycles. The average molecular weight is 307 g/mol. The lowest BCUT2D eigenvalue weighted by molar-refractivity contribution is 0.244. The Balaban J connectivity index is 2.34. The predicted octanol–water partition coefficient (Wildman–Crippen LogP) is 2.10. The number of hydrogen-bond acceptors (Lipinski definition) is 4. The van der Waals surface area contributed by atoms with Crippen molar-refractivity contribution in [3.05, 3.63) is 16.0 Å². The molecule has 0 radical (unpaired) electrons. The fraction of sp³-hybridized carbons (Fsp3) is 0.600. The quantitative estimate of drug-likeness (QED) is 0.850. The number of hydrogen-bond donors (Lipinski definition) is 1. The number of rotatable bonds is 2. The fourth-order valence-corrected chi connectivity index (χ4v) is 2.65. The van der Waals surface area contributed by atoms with Crippen LogP contribution >= 0.6 is 27.5 Å². The number of anilines is 1. The van der Waals surface area contributed by atoms with E-state index in [4.69, 9.17) is 11.6 Å². The Morgan fingerprint density at radius 1 is 1.62 bits per heavy atom. The molecular weight excluding hydrogens is 293 g/mol. The summed E-state index contributed by atoms with van der Waals surface area (Å²) in [7, 11) is 0. The Labute approximate surface area is 108 Å². The lowest BCUT2D eigenvalue weighted by atomic mass is 10.0. The van der Waals surface area contributed by atoms with Gasteiger partial charge in [-0.3, -0.25) is 0 Å². The van der Waals surface area contributed by atoms with Gasteiger partial charge in [-0.25, -0.2) is 9.97 Å². The highest BCUT2D eigenvalue weighted by molar-refractivity contribution is 9.10. The Bertz CT molecular complexity index is 390. The van der Waals surface area contributed by atoms with Crippen LogP contribution in [-0.2, 0) is 0 Å². The van der Waals surface area contributed by atoms with Crippen molar-refractivity contribution in [3.8, 4) is 0 Å². The molecule has 1 fully saturated rings. The third-order valence-corrected chi connectivity index (χ3v) is 4.32. The first kappa shape index (κ1) is 12.1. The first-order valence-corrected chi connectivity index (χ1v) is 6.35. The van der Waals surface area contributed by atoms with Crippen molar-refractivity contribution < 1.29 is 5.11 Å². The molecule has 1 aromatic heterocycles. The molecule has 0 aromatic carbocycles. The van der Waals surface area contributed by atoms with E-state index in [0.29, 0.717) is 15.5 Å². The van der Waals surface area contributed by atoms with Crippen LogP contribution in [0.5, 0.6) is 0 Å². The summed E-state index contributed by atoms with van der Waals surface area (Å²) >= 11 is 9.32. The number of halogens is 2. The van der Waals surface area contributed by atoms with Gasteiger partial charge in [0.2, 0.25) is 0 Å². The van der Waals surface area contributed by atoms with Crippen LogP contribution in [0.2, 0.25) is 5.15 Å². The molecule has 4 nitrogen and oxygen atoms in total. The maximum Gasteiger partial charge on any atom is 0.148 e. The third kappa shape index (κ3) is 2.04. The third-order valence-electron chi connectivity index (χ3n) is 3.07. The minimum atomic E-state index is 0.113. The Kier molecular flexibility index (Phi) is 3.66. The fourth-order valence-electron chi connectivity index (χ4n) is 2.09. The summed E-state index contributed by atoms with van der Waals surface area (Å²) < 4.78 is 0.698. The Hall–Kier alpha value is -0.390. The van der Waals surface area contributed by atoms with Gasteiger partial charge in [0.1, 0.15) is 17.3 Å². The SMILES string of the molecule is CC1CCN(c2ncnc(Cl)c2Br)C1CO. The highest BCUT2D eigenvalue weighted by atomic mass is 79.9. The smallest absolute Gasteiger partial charge is 0.148 e. The summed E-state index contributed by atoms with van der Waals surface area (Å²) in [5, 5.41) is 9.80. The van der Waals surface area contributed by atoms with Crippen molar-refractivity contribution >= 4 is 33.3 Å². The van der Waals surface area contributed by atoms with Gasteiger partial charge >= 0.3 is 0 Å². The maximum absolute atomic E-state index is 9.40. The molecule has 2 rings (SSSR count). The van der Waals surface area contributed by atoms with Gasteiger partial charge in [0, 0.05) is 6.54 Å². The summed E-state index contributed by atoms with van der Waals surface area (Å²) in [5.41, 5.74) is 0. The van der Waals surface area contributed by atoms with E-state index in [1.165, 1.54) is 6.33 Å². The molecule has 88 valence electrons. The normalized spacial score (nSPS) is 25.1. The molecule has 16 heavy (non-hydrogen) atoms. The summed E-state index contributed by atoms with van der Waals surface area (Å²) in [4.78, 5) is 10.2. The van der Waals surface area contributed by atoms with E-state index in [1.54, 1.807) is 0 Å². The number of aliphatic hydroxyl groups is 1. The summed E-state index contributed by atoms with van der Waals surface area (Å²) in [6, 6.07) is 0.113. The Morgan fingerprint density at radius 3 is 3.06 bits per heavy atom. The number of aliphatic hydroxyl groups excluding tert-OH is 1. The van der Waals surface area contributed by atoms with Crippen LogP contribution in [0.1, 0.15) is 13.3 Å². The van der Waals surface area contributed by atoms with Gasteiger partial charge in [-0.15, -0.1) is 0 Å². The van der Waals surface area contributed by atoms with Gasteiger partial charge in [0.15, 0.2) is 0 Å². The summed E-state index contributed by atoms with van der Waals surface area (Å²) in [6.07, 6.45) is 2.50. The second kappa shape index (κ2) is 4.85. The minimum absolute atomic E-state index is 0.113. The van der Waals surface area contributed by atoms with E-state index in [2.05, 4.69) is 37.7 Å². The predicted molar refractivity (Wildman–Crippen MR) is 66.7 cm³/mol. The van der Waals surface area contributed by atoms with E-state index >= 15 is 0 Å².